The van der Waals surface area contributed by atoms with E-state index in [4.69, 9.17) is 14.2 Å². The second kappa shape index (κ2) is 14.3. The van der Waals surface area contributed by atoms with Gasteiger partial charge in [0.2, 0.25) is 0 Å². The van der Waals surface area contributed by atoms with Gasteiger partial charge in [0.05, 0.1) is 20.3 Å². The van der Waals surface area contributed by atoms with E-state index in [1.54, 1.807) is 21.3 Å². The van der Waals surface area contributed by atoms with Crippen molar-refractivity contribution in [1.29, 1.82) is 0 Å². The predicted molar refractivity (Wildman–Crippen MR) is 126 cm³/mol. The highest BCUT2D eigenvalue weighted by atomic mass is 127. The van der Waals surface area contributed by atoms with Crippen molar-refractivity contribution in [3.05, 3.63) is 22.2 Å². The molecule has 1 rings (SSSR count). The lowest BCUT2D eigenvalue weighted by molar-refractivity contribution is 0.0258. The quantitative estimate of drug-likeness (QED) is 0.256. The first-order valence-electron chi connectivity index (χ1n) is 8.93. The third-order valence-corrected chi connectivity index (χ3v) is 4.81. The van der Waals surface area contributed by atoms with Gasteiger partial charge in [-0.15, -0.1) is 24.0 Å². The van der Waals surface area contributed by atoms with Crippen LogP contribution in [-0.2, 0) is 11.3 Å². The highest BCUT2D eigenvalue weighted by Gasteiger charge is 2.13. The van der Waals surface area contributed by atoms with Gasteiger partial charge in [0.15, 0.2) is 17.5 Å². The first-order valence-corrected chi connectivity index (χ1v) is 9.72. The predicted octanol–water partition coefficient (Wildman–Crippen LogP) is 4.20. The van der Waals surface area contributed by atoms with Crippen molar-refractivity contribution in [2.24, 2.45) is 10.9 Å². The molecule has 6 nitrogen and oxygen atoms in total. The van der Waals surface area contributed by atoms with Crippen molar-refractivity contribution in [2.75, 3.05) is 34.4 Å². The molecule has 156 valence electrons. The van der Waals surface area contributed by atoms with Crippen molar-refractivity contribution < 1.29 is 14.2 Å². The van der Waals surface area contributed by atoms with E-state index in [0.29, 0.717) is 24.0 Å². The van der Waals surface area contributed by atoms with Crippen LogP contribution in [0.15, 0.2) is 21.6 Å². The zero-order valence-corrected chi connectivity index (χ0v) is 21.0. The van der Waals surface area contributed by atoms with Crippen LogP contribution >= 0.6 is 39.9 Å². The largest absolute Gasteiger partial charge is 0.493 e. The molecule has 27 heavy (non-hydrogen) atoms. The Bertz CT molecular complexity index is 586. The second-order valence-corrected chi connectivity index (χ2v) is 7.03. The van der Waals surface area contributed by atoms with Crippen LogP contribution in [0.25, 0.3) is 0 Å². The Morgan fingerprint density at radius 2 is 1.78 bits per heavy atom. The van der Waals surface area contributed by atoms with Gasteiger partial charge in [-0.2, -0.15) is 0 Å². The molecule has 0 spiro atoms. The molecule has 0 aliphatic carbocycles. The average molecular weight is 558 g/mol. The maximum Gasteiger partial charge on any atom is 0.191 e. The SMILES string of the molecule is CCOC(CCNC(=NC)NCc1cc(OC)c(OC)cc1Br)C(C)C.I. The second-order valence-electron chi connectivity index (χ2n) is 6.18. The summed E-state index contributed by atoms with van der Waals surface area (Å²) in [4.78, 5) is 4.28. The number of nitrogens with zero attached hydrogens (tertiary/aromatic N) is 1. The number of ether oxygens (including phenoxy) is 3. The van der Waals surface area contributed by atoms with E-state index in [2.05, 4.69) is 45.4 Å². The minimum absolute atomic E-state index is 0. The maximum atomic E-state index is 5.78. The third kappa shape index (κ3) is 8.87. The van der Waals surface area contributed by atoms with Gasteiger partial charge in [0.25, 0.3) is 0 Å². The summed E-state index contributed by atoms with van der Waals surface area (Å²) in [5, 5.41) is 6.66. The molecule has 2 N–H and O–H groups in total. The number of guanidine groups is 1. The first-order chi connectivity index (χ1) is 12.5. The number of nitrogens with one attached hydrogen (secondary N) is 2. The molecule has 0 radical (unpaired) electrons. The summed E-state index contributed by atoms with van der Waals surface area (Å²) in [5.74, 6) is 2.65. The van der Waals surface area contributed by atoms with Crippen LogP contribution in [0.1, 0.15) is 32.8 Å². The third-order valence-electron chi connectivity index (χ3n) is 4.07. The van der Waals surface area contributed by atoms with Crippen molar-refractivity contribution >= 4 is 45.9 Å². The van der Waals surface area contributed by atoms with Crippen LogP contribution in [0.2, 0.25) is 0 Å². The summed E-state index contributed by atoms with van der Waals surface area (Å²) in [6, 6.07) is 3.86. The van der Waals surface area contributed by atoms with E-state index in [9.17, 15) is 0 Å². The smallest absolute Gasteiger partial charge is 0.191 e. The monoisotopic (exact) mass is 557 g/mol. The Morgan fingerprint density at radius 1 is 1.15 bits per heavy atom. The fraction of sp³-hybridized carbons (Fsp3) is 0.632. The Morgan fingerprint density at radius 3 is 2.30 bits per heavy atom. The van der Waals surface area contributed by atoms with Gasteiger partial charge in [0.1, 0.15) is 0 Å². The molecular formula is C19H33BrIN3O3. The van der Waals surface area contributed by atoms with E-state index in [-0.39, 0.29) is 30.1 Å². The molecule has 0 aliphatic rings. The van der Waals surface area contributed by atoms with Crippen molar-refractivity contribution in [1.82, 2.24) is 10.6 Å². The van der Waals surface area contributed by atoms with Crippen molar-refractivity contribution in [2.45, 2.75) is 39.8 Å². The van der Waals surface area contributed by atoms with Crippen molar-refractivity contribution in [3.63, 3.8) is 0 Å². The van der Waals surface area contributed by atoms with E-state index < -0.39 is 0 Å². The summed E-state index contributed by atoms with van der Waals surface area (Å²) < 4.78 is 17.4. The molecule has 0 amide bonds. The number of methoxy groups -OCH3 is 2. The van der Waals surface area contributed by atoms with Gasteiger partial charge in [-0.05, 0) is 37.0 Å². The lowest BCUT2D eigenvalue weighted by Crippen LogP contribution is -2.39. The number of rotatable bonds is 10. The molecule has 1 unspecified atom stereocenters. The zero-order valence-electron chi connectivity index (χ0n) is 17.1. The number of hydrogen-bond donors (Lipinski definition) is 2. The Kier molecular flexibility index (Phi) is 13.9. The number of hydrogen-bond acceptors (Lipinski definition) is 4. The molecule has 1 atom stereocenters. The van der Waals surface area contributed by atoms with E-state index in [1.807, 2.05) is 19.1 Å². The first kappa shape index (κ1) is 26.3. The molecule has 8 heteroatoms. The summed E-state index contributed by atoms with van der Waals surface area (Å²) in [6.45, 7) is 8.55. The molecule has 0 aliphatic heterocycles. The van der Waals surface area contributed by atoms with Gasteiger partial charge in [-0.3, -0.25) is 4.99 Å². The van der Waals surface area contributed by atoms with Crippen LogP contribution in [0.3, 0.4) is 0 Å². The molecule has 1 aromatic carbocycles. The standard InChI is InChI=1S/C19H32BrN3O3.HI/c1-7-26-16(13(2)3)8-9-22-19(21-4)23-12-14-10-17(24-5)18(25-6)11-15(14)20;/h10-11,13,16H,7-9,12H2,1-6H3,(H2,21,22,23);1H. The van der Waals surface area contributed by atoms with E-state index >= 15 is 0 Å². The Labute approximate surface area is 189 Å². The van der Waals surface area contributed by atoms with Crippen LogP contribution in [-0.4, -0.2) is 46.5 Å². The molecule has 0 saturated carbocycles. The Balaban J connectivity index is 0.00000676. The average Bonchev–Trinajstić information content (AvgIpc) is 2.63. The molecule has 0 aromatic heterocycles. The minimum atomic E-state index is 0. The fourth-order valence-electron chi connectivity index (χ4n) is 2.59. The molecule has 0 heterocycles. The summed E-state index contributed by atoms with van der Waals surface area (Å²) in [6.07, 6.45) is 1.19. The van der Waals surface area contributed by atoms with Crippen LogP contribution < -0.4 is 20.1 Å². The minimum Gasteiger partial charge on any atom is -0.493 e. The number of halogens is 2. The van der Waals surface area contributed by atoms with Crippen molar-refractivity contribution in [3.8, 4) is 11.5 Å². The topological polar surface area (TPSA) is 64.1 Å². The zero-order chi connectivity index (χ0) is 19.5. The molecule has 1 aromatic rings. The number of benzene rings is 1. The number of aliphatic imine (C=N–C) groups is 1. The van der Waals surface area contributed by atoms with E-state index in [0.717, 1.165) is 35.6 Å². The summed E-state index contributed by atoms with van der Waals surface area (Å²) in [7, 11) is 5.02. The van der Waals surface area contributed by atoms with E-state index in [1.165, 1.54) is 0 Å². The highest BCUT2D eigenvalue weighted by molar-refractivity contribution is 14.0. The highest BCUT2D eigenvalue weighted by Crippen LogP contribution is 2.33. The lowest BCUT2D eigenvalue weighted by Gasteiger charge is -2.21. The maximum absolute atomic E-state index is 5.78. The molecular weight excluding hydrogens is 525 g/mol. The van der Waals surface area contributed by atoms with Crippen LogP contribution in [0.4, 0.5) is 0 Å². The fourth-order valence-corrected chi connectivity index (χ4v) is 3.05. The summed E-state index contributed by atoms with van der Waals surface area (Å²) in [5.41, 5.74) is 1.06. The van der Waals surface area contributed by atoms with Gasteiger partial charge in [0, 0.05) is 31.2 Å². The lowest BCUT2D eigenvalue weighted by atomic mass is 10.0. The van der Waals surface area contributed by atoms with Gasteiger partial charge < -0.3 is 24.8 Å². The summed E-state index contributed by atoms with van der Waals surface area (Å²) >= 11 is 3.58. The molecule has 0 bridgehead atoms. The normalized spacial score (nSPS) is 12.4. The van der Waals surface area contributed by atoms with Gasteiger partial charge >= 0.3 is 0 Å². The molecule has 0 saturated heterocycles. The molecule has 0 fully saturated rings. The van der Waals surface area contributed by atoms with Crippen LogP contribution in [0, 0.1) is 5.92 Å². The van der Waals surface area contributed by atoms with Crippen LogP contribution in [0.5, 0.6) is 11.5 Å². The van der Waals surface area contributed by atoms with Gasteiger partial charge in [-0.1, -0.05) is 29.8 Å². The van der Waals surface area contributed by atoms with Gasteiger partial charge in [-0.25, -0.2) is 0 Å². The Hall–Kier alpha value is -0.740.